The van der Waals surface area contributed by atoms with Crippen LogP contribution < -0.4 is 0 Å². The Morgan fingerprint density at radius 2 is 1.65 bits per heavy atom. The normalized spacial score (nSPS) is 24.6. The molecular weight excluding hydrogens is 224 g/mol. The zero-order valence-electron chi connectivity index (χ0n) is 10.3. The summed E-state index contributed by atoms with van der Waals surface area (Å²) in [5.74, 6) is 0. The van der Waals surface area contributed by atoms with Crippen LogP contribution in [0.25, 0.3) is 0 Å². The van der Waals surface area contributed by atoms with Crippen LogP contribution in [-0.4, -0.2) is 65.6 Å². The monoisotopic (exact) mass is 246 g/mol. The van der Waals surface area contributed by atoms with Crippen molar-refractivity contribution in [2.45, 2.75) is 6.10 Å². The first kappa shape index (κ1) is 14.6. The fourth-order valence-electron chi connectivity index (χ4n) is 1.36. The number of hydrogen-bond donors (Lipinski definition) is 0. The van der Waals surface area contributed by atoms with Gasteiger partial charge in [-0.2, -0.15) is 0 Å². The molecule has 0 aromatic heterocycles. The Morgan fingerprint density at radius 1 is 1.00 bits per heavy atom. The van der Waals surface area contributed by atoms with Crippen molar-refractivity contribution in [2.75, 3.05) is 59.5 Å². The van der Waals surface area contributed by atoms with Crippen LogP contribution in [0.1, 0.15) is 0 Å². The number of hydrogen-bond acceptors (Lipinski definition) is 5. The van der Waals surface area contributed by atoms with Gasteiger partial charge in [0, 0.05) is 0 Å². The van der Waals surface area contributed by atoms with Gasteiger partial charge in [-0.3, -0.25) is 0 Å². The van der Waals surface area contributed by atoms with Crippen molar-refractivity contribution >= 4 is 0 Å². The quantitative estimate of drug-likeness (QED) is 0.538. The van der Waals surface area contributed by atoms with E-state index in [1.54, 1.807) is 6.08 Å². The second-order valence-corrected chi connectivity index (χ2v) is 3.62. The molecule has 0 N–H and O–H groups in total. The van der Waals surface area contributed by atoms with Gasteiger partial charge in [-0.1, -0.05) is 6.08 Å². The van der Waals surface area contributed by atoms with Gasteiger partial charge < -0.3 is 23.7 Å². The first-order chi connectivity index (χ1) is 8.43. The molecule has 1 aliphatic rings. The maximum absolute atomic E-state index is 5.61. The smallest absolute Gasteiger partial charge is 0.104 e. The highest BCUT2D eigenvalue weighted by Gasteiger charge is 2.10. The molecule has 1 aliphatic heterocycles. The van der Waals surface area contributed by atoms with Gasteiger partial charge in [0.15, 0.2) is 0 Å². The van der Waals surface area contributed by atoms with Gasteiger partial charge in [0.25, 0.3) is 0 Å². The molecule has 1 atom stereocenters. The topological polar surface area (TPSA) is 46.2 Å². The van der Waals surface area contributed by atoms with Gasteiger partial charge in [-0.05, 0) is 0 Å². The van der Waals surface area contributed by atoms with Gasteiger partial charge >= 0.3 is 0 Å². The summed E-state index contributed by atoms with van der Waals surface area (Å²) in [4.78, 5) is 0. The lowest BCUT2D eigenvalue weighted by atomic mass is 10.4. The number of rotatable bonds is 4. The lowest BCUT2D eigenvalue weighted by Crippen LogP contribution is -2.29. The minimum Gasteiger partial charge on any atom is -0.377 e. The zero-order chi connectivity index (χ0) is 12.2. The molecular formula is C12H22O5. The summed E-state index contributed by atoms with van der Waals surface area (Å²) in [5, 5.41) is 0. The standard InChI is InChI=1S/C12H22O5/c1-2-3-15-10-12-11-16-7-6-13-4-5-14-8-9-17-12/h2,12H,1,3-11H2. The lowest BCUT2D eigenvalue weighted by Gasteiger charge is -2.19. The maximum Gasteiger partial charge on any atom is 0.104 e. The zero-order valence-corrected chi connectivity index (χ0v) is 10.3. The van der Waals surface area contributed by atoms with Crippen molar-refractivity contribution in [3.63, 3.8) is 0 Å². The molecule has 0 bridgehead atoms. The molecule has 1 saturated heterocycles. The molecule has 5 heteroatoms. The molecule has 1 unspecified atom stereocenters. The van der Waals surface area contributed by atoms with E-state index >= 15 is 0 Å². The maximum atomic E-state index is 5.61. The predicted octanol–water partition coefficient (Wildman–Crippen LogP) is 0.638. The molecule has 0 aromatic carbocycles. The third kappa shape index (κ3) is 8.29. The molecule has 1 rings (SSSR count). The summed E-state index contributed by atoms with van der Waals surface area (Å²) >= 11 is 0. The molecule has 0 aliphatic carbocycles. The molecule has 1 fully saturated rings. The third-order valence-corrected chi connectivity index (χ3v) is 2.17. The highest BCUT2D eigenvalue weighted by molar-refractivity contribution is 4.65. The summed E-state index contributed by atoms with van der Waals surface area (Å²) in [7, 11) is 0. The van der Waals surface area contributed by atoms with Crippen LogP contribution in [0.3, 0.4) is 0 Å². The van der Waals surface area contributed by atoms with Crippen molar-refractivity contribution in [1.82, 2.24) is 0 Å². The Hall–Kier alpha value is -0.460. The fourth-order valence-corrected chi connectivity index (χ4v) is 1.36. The van der Waals surface area contributed by atoms with E-state index in [1.165, 1.54) is 0 Å². The van der Waals surface area contributed by atoms with Crippen LogP contribution in [0.4, 0.5) is 0 Å². The van der Waals surface area contributed by atoms with Gasteiger partial charge in [-0.15, -0.1) is 6.58 Å². The van der Waals surface area contributed by atoms with Gasteiger partial charge in [-0.25, -0.2) is 0 Å². The molecule has 5 nitrogen and oxygen atoms in total. The van der Waals surface area contributed by atoms with Crippen molar-refractivity contribution in [3.8, 4) is 0 Å². The molecule has 1 heterocycles. The Bertz CT molecular complexity index is 174. The van der Waals surface area contributed by atoms with Crippen LogP contribution in [0.2, 0.25) is 0 Å². The summed E-state index contributed by atoms with van der Waals surface area (Å²) < 4.78 is 27.1. The van der Waals surface area contributed by atoms with Gasteiger partial charge in [0.2, 0.25) is 0 Å². The molecule has 0 spiro atoms. The fraction of sp³-hybridized carbons (Fsp3) is 0.833. The van der Waals surface area contributed by atoms with Crippen molar-refractivity contribution in [3.05, 3.63) is 12.7 Å². The first-order valence-corrected chi connectivity index (χ1v) is 5.97. The number of ether oxygens (including phenoxy) is 5. The van der Waals surface area contributed by atoms with Crippen LogP contribution in [-0.2, 0) is 23.7 Å². The van der Waals surface area contributed by atoms with Gasteiger partial charge in [0.1, 0.15) is 6.10 Å². The average Bonchev–Trinajstić information content (AvgIpc) is 2.32. The van der Waals surface area contributed by atoms with Crippen LogP contribution in [0, 0.1) is 0 Å². The van der Waals surface area contributed by atoms with E-state index in [2.05, 4.69) is 6.58 Å². The van der Waals surface area contributed by atoms with E-state index in [9.17, 15) is 0 Å². The van der Waals surface area contributed by atoms with Crippen molar-refractivity contribution in [1.29, 1.82) is 0 Å². The molecule has 0 aromatic rings. The Kier molecular flexibility index (Phi) is 9.17. The Balaban J connectivity index is 2.19. The SMILES string of the molecule is C=CCOCC1COCCOCCOCCO1. The highest BCUT2D eigenvalue weighted by atomic mass is 16.6. The summed E-state index contributed by atoms with van der Waals surface area (Å²) in [6.45, 7) is 8.62. The molecule has 100 valence electrons. The van der Waals surface area contributed by atoms with E-state index < -0.39 is 0 Å². The van der Waals surface area contributed by atoms with Crippen molar-refractivity contribution < 1.29 is 23.7 Å². The Morgan fingerprint density at radius 3 is 2.35 bits per heavy atom. The van der Waals surface area contributed by atoms with E-state index in [0.29, 0.717) is 59.5 Å². The second kappa shape index (κ2) is 10.7. The first-order valence-electron chi connectivity index (χ1n) is 5.97. The predicted molar refractivity (Wildman–Crippen MR) is 63.2 cm³/mol. The van der Waals surface area contributed by atoms with Crippen LogP contribution in [0.5, 0.6) is 0 Å². The van der Waals surface area contributed by atoms with E-state index in [4.69, 9.17) is 23.7 Å². The van der Waals surface area contributed by atoms with Crippen molar-refractivity contribution in [2.24, 2.45) is 0 Å². The van der Waals surface area contributed by atoms with Crippen LogP contribution >= 0.6 is 0 Å². The molecule has 0 radical (unpaired) electrons. The minimum atomic E-state index is -0.0574. The second-order valence-electron chi connectivity index (χ2n) is 3.62. The Labute approximate surface area is 103 Å². The minimum absolute atomic E-state index is 0.0574. The van der Waals surface area contributed by atoms with E-state index in [1.807, 2.05) is 0 Å². The van der Waals surface area contributed by atoms with E-state index in [-0.39, 0.29) is 6.10 Å². The summed E-state index contributed by atoms with van der Waals surface area (Å²) in [5.41, 5.74) is 0. The van der Waals surface area contributed by atoms with E-state index in [0.717, 1.165) is 0 Å². The largest absolute Gasteiger partial charge is 0.377 e. The molecule has 17 heavy (non-hydrogen) atoms. The molecule has 0 saturated carbocycles. The average molecular weight is 246 g/mol. The van der Waals surface area contributed by atoms with Crippen LogP contribution in [0.15, 0.2) is 12.7 Å². The molecule has 0 amide bonds. The lowest BCUT2D eigenvalue weighted by molar-refractivity contribution is -0.0879. The highest BCUT2D eigenvalue weighted by Crippen LogP contribution is 1.97. The summed E-state index contributed by atoms with van der Waals surface area (Å²) in [6, 6.07) is 0. The third-order valence-electron chi connectivity index (χ3n) is 2.17. The van der Waals surface area contributed by atoms with Gasteiger partial charge in [0.05, 0.1) is 59.5 Å². The summed E-state index contributed by atoms with van der Waals surface area (Å²) in [6.07, 6.45) is 1.66.